The number of nitro benzene ring substituents is 1. The molecule has 2 aliphatic carbocycles. The molecule has 2 bridgehead atoms. The summed E-state index contributed by atoms with van der Waals surface area (Å²) in [6, 6.07) is 5.80. The molecule has 1 aliphatic heterocycles. The van der Waals surface area contributed by atoms with Crippen molar-refractivity contribution in [3.05, 3.63) is 34.4 Å². The first-order valence-electron chi connectivity index (χ1n) is 8.94. The first-order chi connectivity index (χ1) is 11.9. The van der Waals surface area contributed by atoms with Crippen LogP contribution in [0.5, 0.6) is 0 Å². The van der Waals surface area contributed by atoms with Crippen molar-refractivity contribution in [3.63, 3.8) is 0 Å². The molecule has 7 nitrogen and oxygen atoms in total. The normalized spacial score (nSPS) is 30.6. The Labute approximate surface area is 147 Å². The molecular weight excluding hydrogens is 342 g/mol. The fourth-order valence-corrected chi connectivity index (χ4v) is 6.25. The molecule has 1 heterocycles. The van der Waals surface area contributed by atoms with E-state index in [9.17, 15) is 18.5 Å². The van der Waals surface area contributed by atoms with Crippen LogP contribution in [-0.2, 0) is 10.0 Å². The van der Waals surface area contributed by atoms with Crippen LogP contribution >= 0.6 is 0 Å². The number of fused-ring (bicyclic) bond motifs is 2. The predicted molar refractivity (Wildman–Crippen MR) is 92.7 cm³/mol. The summed E-state index contributed by atoms with van der Waals surface area (Å²) in [5.41, 5.74) is -0.0972. The highest BCUT2D eigenvalue weighted by atomic mass is 32.2. The van der Waals surface area contributed by atoms with E-state index in [0.717, 1.165) is 24.9 Å². The number of nitrogens with zero attached hydrogens (tertiary/aromatic N) is 3. The van der Waals surface area contributed by atoms with Crippen molar-refractivity contribution in [2.75, 3.05) is 26.2 Å². The maximum Gasteiger partial charge on any atom is 0.269 e. The van der Waals surface area contributed by atoms with Gasteiger partial charge in [0.2, 0.25) is 10.0 Å². The quantitative estimate of drug-likeness (QED) is 0.603. The number of nitro groups is 1. The summed E-state index contributed by atoms with van der Waals surface area (Å²) in [7, 11) is -3.58. The van der Waals surface area contributed by atoms with Gasteiger partial charge in [-0.2, -0.15) is 4.31 Å². The van der Waals surface area contributed by atoms with E-state index < -0.39 is 14.9 Å². The molecule has 25 heavy (non-hydrogen) atoms. The van der Waals surface area contributed by atoms with Crippen LogP contribution in [0.3, 0.4) is 0 Å². The summed E-state index contributed by atoms with van der Waals surface area (Å²) in [5, 5.41) is 10.7. The molecule has 136 valence electrons. The second kappa shape index (κ2) is 6.34. The Bertz CT molecular complexity index is 757. The molecule has 8 heteroatoms. The number of hydrogen-bond acceptors (Lipinski definition) is 5. The summed E-state index contributed by atoms with van der Waals surface area (Å²) in [6.45, 7) is 2.54. The summed E-state index contributed by atoms with van der Waals surface area (Å²) in [4.78, 5) is 12.8. The lowest BCUT2D eigenvalue weighted by Gasteiger charge is -2.40. The average Bonchev–Trinajstić information content (AvgIpc) is 3.25. The molecule has 1 saturated heterocycles. The molecule has 0 aromatic heterocycles. The van der Waals surface area contributed by atoms with Crippen LogP contribution < -0.4 is 0 Å². The van der Waals surface area contributed by atoms with Crippen molar-refractivity contribution in [2.45, 2.75) is 36.6 Å². The van der Waals surface area contributed by atoms with Crippen molar-refractivity contribution in [3.8, 4) is 0 Å². The molecule has 1 aromatic rings. The number of rotatable bonds is 4. The maximum atomic E-state index is 12.8. The number of benzene rings is 1. The number of piperazine rings is 1. The minimum atomic E-state index is -3.58. The van der Waals surface area contributed by atoms with Gasteiger partial charge in [0.15, 0.2) is 0 Å². The van der Waals surface area contributed by atoms with Gasteiger partial charge in [0.1, 0.15) is 0 Å². The second-order valence-electron chi connectivity index (χ2n) is 7.43. The first kappa shape index (κ1) is 16.9. The van der Waals surface area contributed by atoms with Gasteiger partial charge < -0.3 is 0 Å². The molecule has 4 rings (SSSR count). The third-order valence-corrected chi connectivity index (χ3v) is 8.04. The number of hydrogen-bond donors (Lipinski definition) is 0. The fraction of sp³-hybridized carbons (Fsp3) is 0.647. The molecular formula is C17H23N3O4S. The van der Waals surface area contributed by atoms with Crippen molar-refractivity contribution < 1.29 is 13.3 Å². The van der Waals surface area contributed by atoms with Gasteiger partial charge in [0, 0.05) is 44.4 Å². The standard InChI is InChI=1S/C17H23N3O4S/c21-20(22)15-3-5-16(6-4-15)25(23,24)19-9-7-18(8-10-19)17-12-13-1-2-14(17)11-13/h3-6,13-14,17H,1-2,7-12H2/t13-,14-,17+/m0/s1. The zero-order valence-electron chi connectivity index (χ0n) is 14.1. The molecule has 3 aliphatic rings. The van der Waals surface area contributed by atoms with Crippen LogP contribution in [0.4, 0.5) is 5.69 Å². The van der Waals surface area contributed by atoms with E-state index >= 15 is 0 Å². The molecule has 0 amide bonds. The first-order valence-corrected chi connectivity index (χ1v) is 10.4. The minimum absolute atomic E-state index is 0.0972. The van der Waals surface area contributed by atoms with E-state index in [1.807, 2.05) is 0 Å². The topological polar surface area (TPSA) is 83.8 Å². The average molecular weight is 365 g/mol. The monoisotopic (exact) mass is 365 g/mol. The van der Waals surface area contributed by atoms with E-state index in [-0.39, 0.29) is 10.6 Å². The van der Waals surface area contributed by atoms with E-state index in [0.29, 0.717) is 19.1 Å². The molecule has 1 aromatic carbocycles. The zero-order chi connectivity index (χ0) is 17.6. The highest BCUT2D eigenvalue weighted by Gasteiger charge is 2.43. The highest BCUT2D eigenvalue weighted by molar-refractivity contribution is 7.89. The summed E-state index contributed by atoms with van der Waals surface area (Å²) < 4.78 is 27.0. The fourth-order valence-electron chi connectivity index (χ4n) is 4.82. The zero-order valence-corrected chi connectivity index (χ0v) is 14.9. The van der Waals surface area contributed by atoms with Gasteiger partial charge in [-0.15, -0.1) is 0 Å². The molecule has 0 spiro atoms. The SMILES string of the molecule is O=[N+]([O-])c1ccc(S(=O)(=O)N2CCN([C@@H]3C[C@H]4CC[C@H]3C4)CC2)cc1. The largest absolute Gasteiger partial charge is 0.297 e. The lowest BCUT2D eigenvalue weighted by molar-refractivity contribution is -0.384. The summed E-state index contributed by atoms with van der Waals surface area (Å²) >= 11 is 0. The van der Waals surface area contributed by atoms with Crippen LogP contribution in [0.2, 0.25) is 0 Å². The minimum Gasteiger partial charge on any atom is -0.297 e. The molecule has 3 fully saturated rings. The molecule has 2 saturated carbocycles. The number of non-ortho nitro benzene ring substituents is 1. The van der Waals surface area contributed by atoms with Crippen molar-refractivity contribution in [1.29, 1.82) is 0 Å². The van der Waals surface area contributed by atoms with E-state index in [1.165, 1.54) is 54.3 Å². The van der Waals surface area contributed by atoms with Gasteiger partial charge in [-0.25, -0.2) is 8.42 Å². The summed E-state index contributed by atoms with van der Waals surface area (Å²) in [6.07, 6.45) is 5.33. The molecule has 0 unspecified atom stereocenters. The van der Waals surface area contributed by atoms with E-state index in [4.69, 9.17) is 0 Å². The van der Waals surface area contributed by atoms with Gasteiger partial charge in [-0.05, 0) is 43.2 Å². The van der Waals surface area contributed by atoms with E-state index in [2.05, 4.69) is 4.90 Å². The third-order valence-electron chi connectivity index (χ3n) is 6.13. The Balaban J connectivity index is 1.41. The smallest absolute Gasteiger partial charge is 0.269 e. The van der Waals surface area contributed by atoms with Crippen LogP contribution in [0.1, 0.15) is 25.7 Å². The highest BCUT2D eigenvalue weighted by Crippen LogP contribution is 2.46. The van der Waals surface area contributed by atoms with Gasteiger partial charge in [0.05, 0.1) is 9.82 Å². The van der Waals surface area contributed by atoms with Crippen molar-refractivity contribution in [2.24, 2.45) is 11.8 Å². The van der Waals surface area contributed by atoms with Gasteiger partial charge in [-0.3, -0.25) is 15.0 Å². The van der Waals surface area contributed by atoms with Crippen molar-refractivity contribution in [1.82, 2.24) is 9.21 Å². The second-order valence-corrected chi connectivity index (χ2v) is 9.37. The van der Waals surface area contributed by atoms with E-state index in [1.54, 1.807) is 0 Å². The Morgan fingerprint density at radius 2 is 1.68 bits per heavy atom. The Morgan fingerprint density at radius 1 is 1.00 bits per heavy atom. The molecule has 3 atom stereocenters. The predicted octanol–water partition coefficient (Wildman–Crippen LogP) is 2.09. The van der Waals surface area contributed by atoms with Crippen LogP contribution in [0.25, 0.3) is 0 Å². The van der Waals surface area contributed by atoms with Crippen LogP contribution in [0, 0.1) is 22.0 Å². The van der Waals surface area contributed by atoms with Crippen molar-refractivity contribution >= 4 is 15.7 Å². The number of sulfonamides is 1. The third kappa shape index (κ3) is 3.07. The van der Waals surface area contributed by atoms with Gasteiger partial charge in [-0.1, -0.05) is 6.42 Å². The lowest BCUT2D eigenvalue weighted by Crippen LogP contribution is -2.53. The Morgan fingerprint density at radius 3 is 2.20 bits per heavy atom. The van der Waals surface area contributed by atoms with Crippen LogP contribution in [-0.4, -0.2) is 54.8 Å². The Kier molecular flexibility index (Phi) is 4.29. The van der Waals surface area contributed by atoms with Crippen LogP contribution in [0.15, 0.2) is 29.2 Å². The van der Waals surface area contributed by atoms with Gasteiger partial charge in [0.25, 0.3) is 5.69 Å². The maximum absolute atomic E-state index is 12.8. The molecule has 0 N–H and O–H groups in total. The van der Waals surface area contributed by atoms with Gasteiger partial charge >= 0.3 is 0 Å². The summed E-state index contributed by atoms with van der Waals surface area (Å²) in [5.74, 6) is 1.69. The Hall–Kier alpha value is -1.51. The molecule has 0 radical (unpaired) electrons. The lowest BCUT2D eigenvalue weighted by atomic mass is 9.93.